The van der Waals surface area contributed by atoms with Gasteiger partial charge in [-0.15, -0.1) is 0 Å². The van der Waals surface area contributed by atoms with Crippen molar-refractivity contribution in [2.75, 3.05) is 0 Å². The summed E-state index contributed by atoms with van der Waals surface area (Å²) in [5.74, 6) is 3.43. The Labute approximate surface area is 609 Å². The topological polar surface area (TPSA) is 97.1 Å². The number of para-hydroxylation sites is 6. The Morgan fingerprint density at radius 3 is 0.651 bits per heavy atom. The summed E-state index contributed by atoms with van der Waals surface area (Å²) in [6.45, 7) is 0. The first-order chi connectivity index (χ1) is 52.5. The fourth-order valence-electron chi connectivity index (χ4n) is 16.0. The Kier molecular flexibility index (Phi) is 14.0. The monoisotopic (exact) mass is 1350 g/mol. The van der Waals surface area contributed by atoms with Gasteiger partial charge >= 0.3 is 0 Å². The van der Waals surface area contributed by atoms with Crippen LogP contribution in [-0.2, 0) is 0 Å². The predicted octanol–water partition coefficient (Wildman–Crippen LogP) is 23.8. The van der Waals surface area contributed by atoms with Crippen molar-refractivity contribution >= 4 is 87.2 Å². The molecule has 0 spiro atoms. The Bertz CT molecular complexity index is 6430. The molecular weight excluding hydrogens is 1290 g/mol. The van der Waals surface area contributed by atoms with Gasteiger partial charge in [0.05, 0.1) is 44.1 Å². The summed E-state index contributed by atoms with van der Waals surface area (Å²) in [5, 5.41) is 9.43. The van der Waals surface area contributed by atoms with Gasteiger partial charge in [-0.3, -0.25) is 0 Å². The highest BCUT2D eigenvalue weighted by Crippen LogP contribution is 2.43. The van der Waals surface area contributed by atoms with E-state index in [1.807, 2.05) is 72.8 Å². The van der Waals surface area contributed by atoms with E-state index >= 15 is 0 Å². The number of aromatic nitrogens is 10. The van der Waals surface area contributed by atoms with Crippen LogP contribution in [0.3, 0.4) is 0 Å². The van der Waals surface area contributed by atoms with Gasteiger partial charge in [-0.1, -0.05) is 249 Å². The van der Waals surface area contributed by atoms with Crippen LogP contribution in [0.1, 0.15) is 0 Å². The standard InChI is InChI=1S/C96H60N10/c1-5-26-61(27-6-1)91-97-92(62-28-7-2-8-29-62)100-95(99-91)69-53-67(55-73(57-69)105-87-46-23-17-40-79(87)81-59-71(48-50-89(81)105)103-83-42-19-13-36-75(83)76-37-14-20-43-84(76)103)65-34-25-35-66(52-65)68-54-70(96-101-93(63-30-9-3-10-31-63)98-94(102-96)64-32-11-4-12-33-64)58-74(56-68)106-88-47-24-18-41-80(88)82-60-72(49-51-90(82)106)104-85-44-21-15-38-77(85)78-39-16-22-45-86(78)104/h1-60H. The Hall–Kier alpha value is -14.5. The van der Waals surface area contributed by atoms with Crippen molar-refractivity contribution in [3.05, 3.63) is 364 Å². The van der Waals surface area contributed by atoms with Crippen LogP contribution in [0.25, 0.3) is 201 Å². The fraction of sp³-hybridized carbons (Fsp3) is 0. The normalized spacial score (nSPS) is 11.8. The van der Waals surface area contributed by atoms with Crippen molar-refractivity contribution in [1.82, 2.24) is 48.2 Å². The molecule has 0 fully saturated rings. The molecule has 21 aromatic rings. The molecule has 21 rings (SSSR count). The molecule has 0 aliphatic rings. The average Bonchev–Trinajstić information content (AvgIpc) is 1.58. The largest absolute Gasteiger partial charge is 0.309 e. The van der Waals surface area contributed by atoms with Crippen molar-refractivity contribution in [3.8, 4) is 113 Å². The second kappa shape index (κ2) is 24.7. The zero-order valence-electron chi connectivity index (χ0n) is 57.1. The van der Waals surface area contributed by atoms with Gasteiger partial charge in [0.1, 0.15) is 0 Å². The summed E-state index contributed by atoms with van der Waals surface area (Å²) >= 11 is 0. The Morgan fingerprint density at radius 1 is 0.132 bits per heavy atom. The van der Waals surface area contributed by atoms with Crippen LogP contribution in [0.4, 0.5) is 0 Å². The van der Waals surface area contributed by atoms with E-state index in [1.165, 1.54) is 21.5 Å². The van der Waals surface area contributed by atoms with Crippen LogP contribution in [0, 0.1) is 0 Å². The molecule has 0 bridgehead atoms. The van der Waals surface area contributed by atoms with Crippen LogP contribution in [0.5, 0.6) is 0 Å². The third-order valence-corrected chi connectivity index (χ3v) is 20.8. The summed E-state index contributed by atoms with van der Waals surface area (Å²) in [6, 6.07) is 129. The third kappa shape index (κ3) is 10.1. The highest BCUT2D eigenvalue weighted by atomic mass is 15.1. The van der Waals surface area contributed by atoms with Crippen LogP contribution >= 0.6 is 0 Å². The minimum Gasteiger partial charge on any atom is -0.309 e. The van der Waals surface area contributed by atoms with Crippen LogP contribution in [-0.4, -0.2) is 48.2 Å². The molecule has 0 saturated heterocycles. The van der Waals surface area contributed by atoms with Gasteiger partial charge in [-0.05, 0) is 138 Å². The first-order valence-electron chi connectivity index (χ1n) is 35.7. The summed E-state index contributed by atoms with van der Waals surface area (Å²) in [5.41, 5.74) is 22.2. The maximum Gasteiger partial charge on any atom is 0.164 e. The van der Waals surface area contributed by atoms with E-state index in [9.17, 15) is 0 Å². The third-order valence-electron chi connectivity index (χ3n) is 20.8. The van der Waals surface area contributed by atoms with Crippen LogP contribution in [0.2, 0.25) is 0 Å². The van der Waals surface area contributed by atoms with Crippen molar-refractivity contribution in [2.24, 2.45) is 0 Å². The van der Waals surface area contributed by atoms with Crippen molar-refractivity contribution in [2.45, 2.75) is 0 Å². The summed E-state index contributed by atoms with van der Waals surface area (Å²) in [6.07, 6.45) is 0. The molecule has 0 amide bonds. The zero-order chi connectivity index (χ0) is 69.8. The molecule has 106 heavy (non-hydrogen) atoms. The van der Waals surface area contributed by atoms with E-state index in [2.05, 4.69) is 309 Å². The van der Waals surface area contributed by atoms with Gasteiger partial charge in [-0.2, -0.15) is 0 Å². The minimum atomic E-state index is 0.550. The molecule has 0 atom stereocenters. The van der Waals surface area contributed by atoms with Gasteiger partial charge in [0.15, 0.2) is 34.9 Å². The van der Waals surface area contributed by atoms with E-state index in [4.69, 9.17) is 29.9 Å². The predicted molar refractivity (Wildman–Crippen MR) is 434 cm³/mol. The van der Waals surface area contributed by atoms with Gasteiger partial charge in [0.25, 0.3) is 0 Å². The quantitative estimate of drug-likeness (QED) is 0.121. The SMILES string of the molecule is c1ccc(-c2nc(-c3ccccc3)nc(-c3cc(-c4cccc(-c5cc(-c6nc(-c7ccccc7)nc(-c7ccccc7)n6)cc(-n6c7ccccc7c7cc(-n8c9ccccc9c9ccccc98)ccc76)c5)c4)cc(-n4c5ccccc5c5cc(-n6c7ccccc7c7ccccc76)ccc54)c3)n2)cc1. The smallest absolute Gasteiger partial charge is 0.164 e. The zero-order valence-corrected chi connectivity index (χ0v) is 57.1. The molecule has 494 valence electrons. The summed E-state index contributed by atoms with van der Waals surface area (Å²) in [7, 11) is 0. The summed E-state index contributed by atoms with van der Waals surface area (Å²) in [4.78, 5) is 31.9. The van der Waals surface area contributed by atoms with Gasteiger partial charge < -0.3 is 18.3 Å². The lowest BCUT2D eigenvalue weighted by Gasteiger charge is -2.16. The first-order valence-corrected chi connectivity index (χ1v) is 35.7. The second-order valence-electron chi connectivity index (χ2n) is 27.0. The second-order valence-corrected chi connectivity index (χ2v) is 27.0. The van der Waals surface area contributed by atoms with E-state index in [-0.39, 0.29) is 0 Å². The highest BCUT2D eigenvalue weighted by Gasteiger charge is 2.24. The number of rotatable bonds is 12. The highest BCUT2D eigenvalue weighted by molar-refractivity contribution is 6.14. The van der Waals surface area contributed by atoms with Gasteiger partial charge in [0.2, 0.25) is 0 Å². The van der Waals surface area contributed by atoms with E-state index in [1.54, 1.807) is 0 Å². The maximum atomic E-state index is 5.39. The van der Waals surface area contributed by atoms with Crippen LogP contribution < -0.4 is 0 Å². The number of fused-ring (bicyclic) bond motifs is 12. The average molecular weight is 1350 g/mol. The lowest BCUT2D eigenvalue weighted by molar-refractivity contribution is 1.07. The van der Waals surface area contributed by atoms with Crippen LogP contribution in [0.15, 0.2) is 364 Å². The number of nitrogens with zero attached hydrogens (tertiary/aromatic N) is 10. The molecule has 0 aliphatic heterocycles. The van der Waals surface area contributed by atoms with E-state index in [0.717, 1.165) is 144 Å². The molecule has 0 radical (unpaired) electrons. The molecule has 10 heteroatoms. The minimum absolute atomic E-state index is 0.550. The molecule has 0 unspecified atom stereocenters. The van der Waals surface area contributed by atoms with Crippen molar-refractivity contribution in [3.63, 3.8) is 0 Å². The van der Waals surface area contributed by atoms with Gasteiger partial charge in [0, 0.05) is 99.2 Å². The molecular formula is C96H60N10. The summed E-state index contributed by atoms with van der Waals surface area (Å²) < 4.78 is 9.61. The molecule has 0 saturated carbocycles. The Balaban J connectivity index is 0.785. The molecule has 15 aromatic carbocycles. The maximum absolute atomic E-state index is 5.39. The number of benzene rings is 15. The van der Waals surface area contributed by atoms with Crippen molar-refractivity contribution < 1.29 is 0 Å². The molecule has 0 N–H and O–H groups in total. The fourth-order valence-corrected chi connectivity index (χ4v) is 16.0. The molecule has 6 heterocycles. The molecule has 0 aliphatic carbocycles. The van der Waals surface area contributed by atoms with E-state index < -0.39 is 0 Å². The molecule has 10 nitrogen and oxygen atoms in total. The first kappa shape index (κ1) is 60.3. The van der Waals surface area contributed by atoms with Crippen molar-refractivity contribution in [1.29, 1.82) is 0 Å². The van der Waals surface area contributed by atoms with E-state index in [0.29, 0.717) is 34.9 Å². The lowest BCUT2D eigenvalue weighted by atomic mass is 9.95. The lowest BCUT2D eigenvalue weighted by Crippen LogP contribution is -2.02. The van der Waals surface area contributed by atoms with Gasteiger partial charge in [-0.25, -0.2) is 29.9 Å². The molecule has 6 aromatic heterocycles. The Morgan fingerprint density at radius 2 is 0.349 bits per heavy atom. The number of hydrogen-bond donors (Lipinski definition) is 0. The number of hydrogen-bond acceptors (Lipinski definition) is 6.